The number of amides is 2. The Hall–Kier alpha value is -3.66. The Morgan fingerprint density at radius 2 is 1.81 bits per heavy atom. The summed E-state index contributed by atoms with van der Waals surface area (Å²) in [7, 11) is 0. The molecule has 2 aromatic heterocycles. The van der Waals surface area contributed by atoms with Crippen LogP contribution in [0.25, 0.3) is 10.9 Å². The number of nitrogens with zero attached hydrogens (tertiary/aromatic N) is 6. The smallest absolute Gasteiger partial charge is 0.407 e. The Morgan fingerprint density at radius 3 is 2.49 bits per heavy atom. The van der Waals surface area contributed by atoms with E-state index in [1.54, 1.807) is 45.1 Å². The number of rotatable bonds is 11. The predicted molar refractivity (Wildman–Crippen MR) is 167 cm³/mol. The minimum absolute atomic E-state index is 0.0214. The number of benzene rings is 1. The van der Waals surface area contributed by atoms with Crippen molar-refractivity contribution in [1.29, 1.82) is 0 Å². The molecule has 2 aliphatic heterocycles. The average molecular weight is 682 g/mol. The van der Waals surface area contributed by atoms with Gasteiger partial charge < -0.3 is 14.2 Å². The number of alkyl halides is 3. The van der Waals surface area contributed by atoms with E-state index in [0.29, 0.717) is 67.2 Å². The molecule has 2 saturated heterocycles. The number of nitrogens with one attached hydrogen (secondary N) is 1. The number of ether oxygens (including phenoxy) is 2. The first-order chi connectivity index (χ1) is 22.4. The number of piperidine rings is 1. The number of aromatic nitrogens is 3. The van der Waals surface area contributed by atoms with Crippen LogP contribution in [0.1, 0.15) is 54.7 Å². The molecule has 0 atom stereocenters. The van der Waals surface area contributed by atoms with Gasteiger partial charge in [0.15, 0.2) is 11.5 Å². The fourth-order valence-electron chi connectivity index (χ4n) is 6.11. The van der Waals surface area contributed by atoms with E-state index in [2.05, 4.69) is 15.3 Å². The third-order valence-corrected chi connectivity index (χ3v) is 8.83. The van der Waals surface area contributed by atoms with Crippen molar-refractivity contribution in [3.8, 4) is 5.75 Å². The van der Waals surface area contributed by atoms with Crippen molar-refractivity contribution in [2.75, 3.05) is 52.4 Å². The number of hydrogen-bond acceptors (Lipinski definition) is 8. The fourth-order valence-corrected chi connectivity index (χ4v) is 6.28. The topological polar surface area (TPSA) is 114 Å². The third-order valence-electron chi connectivity index (χ3n) is 8.59. The number of fused-ring (bicyclic) bond motifs is 1. The molecule has 0 bridgehead atoms. The van der Waals surface area contributed by atoms with Crippen LogP contribution in [0.4, 0.5) is 18.0 Å². The zero-order valence-electron chi connectivity index (χ0n) is 26.4. The first kappa shape index (κ1) is 34.7. The van der Waals surface area contributed by atoms with Crippen molar-refractivity contribution in [3.05, 3.63) is 46.9 Å². The van der Waals surface area contributed by atoms with Crippen LogP contribution in [0.2, 0.25) is 5.02 Å². The van der Waals surface area contributed by atoms with Gasteiger partial charge in [-0.25, -0.2) is 9.80 Å². The maximum atomic E-state index is 13.2. The minimum Gasteiger partial charge on any atom is -0.407 e. The number of ketones is 1. The van der Waals surface area contributed by atoms with E-state index in [4.69, 9.17) is 16.3 Å². The summed E-state index contributed by atoms with van der Waals surface area (Å²) >= 11 is 6.25. The zero-order chi connectivity index (χ0) is 33.7. The van der Waals surface area contributed by atoms with Crippen LogP contribution in [-0.2, 0) is 16.1 Å². The molecule has 1 N–H and O–H groups in total. The lowest BCUT2D eigenvalue weighted by atomic mass is 10.0. The molecule has 2 fully saturated rings. The Kier molecular flexibility index (Phi) is 11.1. The van der Waals surface area contributed by atoms with Crippen LogP contribution in [-0.4, -0.2) is 106 Å². The molecule has 0 unspecified atom stereocenters. The predicted octanol–water partition coefficient (Wildman–Crippen LogP) is 4.80. The molecule has 0 aliphatic carbocycles. The van der Waals surface area contributed by atoms with Crippen molar-refractivity contribution < 1.29 is 37.0 Å². The van der Waals surface area contributed by atoms with Crippen LogP contribution in [0.3, 0.4) is 0 Å². The highest BCUT2D eigenvalue weighted by atomic mass is 35.5. The summed E-state index contributed by atoms with van der Waals surface area (Å²) in [6.07, 6.45) is 0.610. The lowest BCUT2D eigenvalue weighted by molar-refractivity contribution is -0.325. The SMILES string of the molecule is CCCC(=O)c1cnn(C2CCN(NC(=O)Oc3cn(CC(=O)N4CCN(CCOC(F)(F)F)CC4)c4ccc(Cl)cc34)CC2)c1C. The maximum Gasteiger partial charge on any atom is 0.522 e. The van der Waals surface area contributed by atoms with E-state index >= 15 is 0 Å². The van der Waals surface area contributed by atoms with E-state index in [-0.39, 0.29) is 36.6 Å². The van der Waals surface area contributed by atoms with Crippen molar-refractivity contribution in [3.63, 3.8) is 0 Å². The van der Waals surface area contributed by atoms with E-state index in [1.807, 2.05) is 23.4 Å². The summed E-state index contributed by atoms with van der Waals surface area (Å²) in [6.45, 7) is 6.25. The number of carbonyl (C=O) groups excluding carboxylic acids is 3. The summed E-state index contributed by atoms with van der Waals surface area (Å²) in [5.74, 6) is 0.171. The number of hydrogen-bond donors (Lipinski definition) is 1. The Bertz CT molecular complexity index is 1580. The highest BCUT2D eigenvalue weighted by Gasteiger charge is 2.30. The highest BCUT2D eigenvalue weighted by Crippen LogP contribution is 2.31. The van der Waals surface area contributed by atoms with Crippen molar-refractivity contribution >= 4 is 40.3 Å². The first-order valence-corrected chi connectivity index (χ1v) is 16.1. The fraction of sp³-hybridized carbons (Fsp3) is 0.548. The van der Waals surface area contributed by atoms with Gasteiger partial charge >= 0.3 is 12.5 Å². The van der Waals surface area contributed by atoms with Gasteiger partial charge in [0.25, 0.3) is 0 Å². The Balaban J connectivity index is 1.15. The normalized spacial score (nSPS) is 16.9. The summed E-state index contributed by atoms with van der Waals surface area (Å²) in [5, 5.41) is 7.27. The maximum absolute atomic E-state index is 13.2. The monoisotopic (exact) mass is 681 g/mol. The molecule has 5 rings (SSSR count). The molecule has 3 aromatic rings. The second kappa shape index (κ2) is 15.0. The molecule has 47 heavy (non-hydrogen) atoms. The molecule has 2 amide bonds. The van der Waals surface area contributed by atoms with Crippen LogP contribution in [0.5, 0.6) is 5.75 Å². The van der Waals surface area contributed by atoms with Crippen LogP contribution in [0, 0.1) is 6.92 Å². The third kappa shape index (κ3) is 8.83. The summed E-state index contributed by atoms with van der Waals surface area (Å²) in [5.41, 5.74) is 4.97. The molecule has 256 valence electrons. The minimum atomic E-state index is -4.66. The van der Waals surface area contributed by atoms with Gasteiger partial charge in [0.2, 0.25) is 5.91 Å². The number of hydrazine groups is 1. The molecule has 4 heterocycles. The van der Waals surface area contributed by atoms with Crippen LogP contribution >= 0.6 is 11.6 Å². The summed E-state index contributed by atoms with van der Waals surface area (Å²) < 4.78 is 49.9. The van der Waals surface area contributed by atoms with Gasteiger partial charge in [-0.1, -0.05) is 18.5 Å². The van der Waals surface area contributed by atoms with E-state index in [0.717, 1.165) is 25.0 Å². The molecule has 1 aromatic carbocycles. The Labute approximate surface area is 275 Å². The molecular weight excluding hydrogens is 643 g/mol. The quantitative estimate of drug-likeness (QED) is 0.287. The van der Waals surface area contributed by atoms with Gasteiger partial charge in [-0.05, 0) is 44.4 Å². The molecule has 12 nitrogen and oxygen atoms in total. The molecular formula is C31H39ClF3N7O5. The molecule has 2 aliphatic rings. The van der Waals surface area contributed by atoms with Crippen molar-refractivity contribution in [1.82, 2.24) is 34.6 Å². The lowest BCUT2D eigenvalue weighted by Crippen LogP contribution is -2.50. The van der Waals surface area contributed by atoms with Crippen LogP contribution in [0.15, 0.2) is 30.6 Å². The average Bonchev–Trinajstić information content (AvgIpc) is 3.56. The molecule has 0 spiro atoms. The number of carbonyl (C=O) groups is 3. The lowest BCUT2D eigenvalue weighted by Gasteiger charge is -2.34. The largest absolute Gasteiger partial charge is 0.522 e. The summed E-state index contributed by atoms with van der Waals surface area (Å²) in [4.78, 5) is 42.0. The first-order valence-electron chi connectivity index (χ1n) is 15.7. The van der Waals surface area contributed by atoms with Gasteiger partial charge in [0.05, 0.1) is 29.9 Å². The van der Waals surface area contributed by atoms with Crippen LogP contribution < -0.4 is 10.2 Å². The van der Waals surface area contributed by atoms with E-state index in [9.17, 15) is 27.6 Å². The van der Waals surface area contributed by atoms with Gasteiger partial charge in [-0.3, -0.25) is 29.3 Å². The van der Waals surface area contributed by atoms with Gasteiger partial charge in [-0.2, -0.15) is 5.10 Å². The van der Waals surface area contributed by atoms with Crippen molar-refractivity contribution in [2.24, 2.45) is 0 Å². The number of piperazine rings is 1. The van der Waals surface area contributed by atoms with E-state index < -0.39 is 19.1 Å². The zero-order valence-corrected chi connectivity index (χ0v) is 27.1. The molecule has 16 heteroatoms. The standard InChI is InChI=1S/C31H39ClF3N7O5/c1-3-4-27(43)25-18-36-42(21(25)2)23-7-9-41(10-8-23)37-30(45)47-28-19-40(26-6-5-22(32)17-24(26)28)20-29(44)39-13-11-38(12-14-39)15-16-46-31(33,34)35/h5-6,17-19,23H,3-4,7-16,20H2,1-2H3,(H,37,45). The van der Waals surface area contributed by atoms with E-state index in [1.165, 1.54) is 0 Å². The molecule has 0 radical (unpaired) electrons. The summed E-state index contributed by atoms with van der Waals surface area (Å²) in [6, 6.07) is 5.21. The second-order valence-electron chi connectivity index (χ2n) is 11.8. The van der Waals surface area contributed by atoms with Gasteiger partial charge in [0, 0.05) is 74.5 Å². The highest BCUT2D eigenvalue weighted by molar-refractivity contribution is 6.31. The molecule has 0 saturated carbocycles. The van der Waals surface area contributed by atoms with Gasteiger partial charge in [-0.15, -0.1) is 13.2 Å². The second-order valence-corrected chi connectivity index (χ2v) is 12.2. The van der Waals surface area contributed by atoms with Crippen molar-refractivity contribution in [2.45, 2.75) is 58.5 Å². The Morgan fingerprint density at radius 1 is 1.09 bits per heavy atom. The number of halogens is 4. The number of Topliss-reactive ketones (excluding diaryl/α,β-unsaturated/α-hetero) is 1. The van der Waals surface area contributed by atoms with Gasteiger partial charge in [0.1, 0.15) is 6.54 Å².